The average molecular weight is 313 g/mol. The van der Waals surface area contributed by atoms with Gasteiger partial charge in [0.2, 0.25) is 0 Å². The van der Waals surface area contributed by atoms with E-state index >= 15 is 0 Å². The summed E-state index contributed by atoms with van der Waals surface area (Å²) in [7, 11) is 0. The van der Waals surface area contributed by atoms with Gasteiger partial charge in [0.05, 0.1) is 21.9 Å². The average Bonchev–Trinajstić information content (AvgIpc) is 3.35. The minimum atomic E-state index is -0.524. The second-order valence-electron chi connectivity index (χ2n) is 5.14. The molecule has 2 aromatic carbocycles. The first-order valence-corrected chi connectivity index (χ1v) is 6.76. The van der Waals surface area contributed by atoms with Crippen LogP contribution in [0.15, 0.2) is 48.5 Å². The number of hydrogen-bond acceptors (Lipinski definition) is 6. The molecule has 0 bridgehead atoms. The second-order valence-corrected chi connectivity index (χ2v) is 5.14. The Hall–Kier alpha value is -3.13. The van der Waals surface area contributed by atoms with Crippen molar-refractivity contribution in [1.29, 1.82) is 0 Å². The van der Waals surface area contributed by atoms with Gasteiger partial charge in [-0.25, -0.2) is 0 Å². The van der Waals surface area contributed by atoms with Gasteiger partial charge >= 0.3 is 0 Å². The van der Waals surface area contributed by atoms with Gasteiger partial charge in [-0.3, -0.25) is 30.3 Å². The Morgan fingerprint density at radius 3 is 1.83 bits per heavy atom. The molecule has 1 fully saturated rings. The van der Waals surface area contributed by atoms with Crippen molar-refractivity contribution in [1.82, 2.24) is 5.32 Å². The van der Waals surface area contributed by atoms with Crippen molar-refractivity contribution in [2.24, 2.45) is 0 Å². The number of nitro benzene ring substituents is 2. The van der Waals surface area contributed by atoms with E-state index < -0.39 is 15.9 Å². The predicted molar refractivity (Wildman–Crippen MR) is 80.2 cm³/mol. The maximum atomic E-state index is 12.3. The summed E-state index contributed by atoms with van der Waals surface area (Å²) in [6.07, 6.45) is 0. The standard InChI is InChI=1S/C15H11N3O5/c19-15(10-3-7-12(8-4-10)18(22)23)14-13(16-14)9-1-5-11(6-2-9)17(20)21/h1-8,13-14,16H/t13-,14+/m1/s1. The monoisotopic (exact) mass is 313 g/mol. The molecule has 8 heteroatoms. The van der Waals surface area contributed by atoms with Crippen LogP contribution in [0.4, 0.5) is 11.4 Å². The van der Waals surface area contributed by atoms with E-state index in [0.717, 1.165) is 5.56 Å². The van der Waals surface area contributed by atoms with Crippen molar-refractivity contribution in [2.75, 3.05) is 0 Å². The van der Waals surface area contributed by atoms with Gasteiger partial charge in [0.15, 0.2) is 5.78 Å². The molecule has 1 aliphatic rings. The Labute approximate surface area is 130 Å². The highest BCUT2D eigenvalue weighted by Gasteiger charge is 2.43. The van der Waals surface area contributed by atoms with Gasteiger partial charge in [0.1, 0.15) is 0 Å². The van der Waals surface area contributed by atoms with Crippen LogP contribution < -0.4 is 5.32 Å². The maximum Gasteiger partial charge on any atom is 0.269 e. The van der Waals surface area contributed by atoms with Gasteiger partial charge in [-0.05, 0) is 17.7 Å². The number of benzene rings is 2. The highest BCUT2D eigenvalue weighted by Crippen LogP contribution is 2.33. The van der Waals surface area contributed by atoms with Crippen LogP contribution in [0.3, 0.4) is 0 Å². The van der Waals surface area contributed by atoms with Gasteiger partial charge in [0.25, 0.3) is 11.4 Å². The molecule has 0 aromatic heterocycles. The van der Waals surface area contributed by atoms with Crippen LogP contribution in [0.5, 0.6) is 0 Å². The number of hydrogen-bond donors (Lipinski definition) is 1. The van der Waals surface area contributed by atoms with E-state index in [4.69, 9.17) is 0 Å². The molecule has 0 amide bonds. The molecule has 1 aliphatic heterocycles. The fourth-order valence-electron chi connectivity index (χ4n) is 2.38. The Morgan fingerprint density at radius 2 is 1.35 bits per heavy atom. The SMILES string of the molecule is O=C(c1ccc([N+](=O)[O-])cc1)[C@H]1N[C@@H]1c1ccc([N+](=O)[O-])cc1. The van der Waals surface area contributed by atoms with Crippen molar-refractivity contribution in [3.63, 3.8) is 0 Å². The summed E-state index contributed by atoms with van der Waals surface area (Å²) in [6, 6.07) is 10.8. The number of carbonyl (C=O) groups is 1. The number of nitro groups is 2. The third kappa shape index (κ3) is 2.92. The first-order chi connectivity index (χ1) is 11.0. The molecule has 1 heterocycles. The fraction of sp³-hybridized carbons (Fsp3) is 0.133. The minimum absolute atomic E-state index is 0.00681. The van der Waals surface area contributed by atoms with Crippen molar-refractivity contribution in [2.45, 2.75) is 12.1 Å². The Morgan fingerprint density at radius 1 is 0.870 bits per heavy atom. The zero-order valence-electron chi connectivity index (χ0n) is 11.7. The van der Waals surface area contributed by atoms with E-state index in [1.807, 2.05) is 0 Å². The zero-order valence-corrected chi connectivity index (χ0v) is 11.7. The molecule has 8 nitrogen and oxygen atoms in total. The third-order valence-corrected chi connectivity index (χ3v) is 3.69. The number of ketones is 1. The molecule has 2 aromatic rings. The lowest BCUT2D eigenvalue weighted by atomic mass is 10.0. The van der Waals surface area contributed by atoms with Crippen LogP contribution >= 0.6 is 0 Å². The highest BCUT2D eigenvalue weighted by atomic mass is 16.6. The highest BCUT2D eigenvalue weighted by molar-refractivity contribution is 6.02. The van der Waals surface area contributed by atoms with Crippen molar-refractivity contribution in [3.8, 4) is 0 Å². The lowest BCUT2D eigenvalue weighted by Gasteiger charge is -2.00. The van der Waals surface area contributed by atoms with Gasteiger partial charge in [-0.2, -0.15) is 0 Å². The molecule has 1 N–H and O–H groups in total. The van der Waals surface area contributed by atoms with Gasteiger partial charge in [-0.1, -0.05) is 12.1 Å². The van der Waals surface area contributed by atoms with Crippen LogP contribution in [-0.4, -0.2) is 21.7 Å². The van der Waals surface area contributed by atoms with Gasteiger partial charge in [-0.15, -0.1) is 0 Å². The first-order valence-electron chi connectivity index (χ1n) is 6.76. The topological polar surface area (TPSA) is 125 Å². The van der Waals surface area contributed by atoms with Crippen molar-refractivity contribution >= 4 is 17.2 Å². The molecule has 0 unspecified atom stereocenters. The van der Waals surface area contributed by atoms with Crippen LogP contribution in [0, 0.1) is 20.2 Å². The molecule has 1 saturated heterocycles. The van der Waals surface area contributed by atoms with Crippen LogP contribution in [-0.2, 0) is 0 Å². The summed E-state index contributed by atoms with van der Waals surface area (Å²) in [5.41, 5.74) is 1.10. The van der Waals surface area contributed by atoms with E-state index in [-0.39, 0.29) is 23.2 Å². The van der Waals surface area contributed by atoms with E-state index in [1.54, 1.807) is 12.1 Å². The first kappa shape index (κ1) is 14.8. The van der Waals surface area contributed by atoms with Crippen molar-refractivity contribution in [3.05, 3.63) is 79.9 Å². The smallest absolute Gasteiger partial charge is 0.269 e. The van der Waals surface area contributed by atoms with E-state index in [2.05, 4.69) is 5.32 Å². The molecule has 116 valence electrons. The Kier molecular flexibility index (Phi) is 3.59. The van der Waals surface area contributed by atoms with Crippen LogP contribution in [0.1, 0.15) is 22.0 Å². The maximum absolute atomic E-state index is 12.3. The zero-order chi connectivity index (χ0) is 16.6. The minimum Gasteiger partial charge on any atom is -0.297 e. The summed E-state index contributed by atoms with van der Waals surface area (Å²) in [6.45, 7) is 0. The second kappa shape index (κ2) is 5.58. The van der Waals surface area contributed by atoms with Crippen LogP contribution in [0.2, 0.25) is 0 Å². The number of rotatable bonds is 5. The fourth-order valence-corrected chi connectivity index (χ4v) is 2.38. The molecule has 0 saturated carbocycles. The van der Waals surface area contributed by atoms with Gasteiger partial charge < -0.3 is 0 Å². The van der Waals surface area contributed by atoms with E-state index in [9.17, 15) is 25.0 Å². The molecule has 0 spiro atoms. The number of Topliss-reactive ketones (excluding diaryl/α,β-unsaturated/α-hetero) is 1. The molecule has 3 rings (SSSR count). The van der Waals surface area contributed by atoms with E-state index in [0.29, 0.717) is 5.56 Å². The normalized spacial score (nSPS) is 19.1. The third-order valence-electron chi connectivity index (χ3n) is 3.69. The summed E-state index contributed by atoms with van der Waals surface area (Å²) < 4.78 is 0. The quantitative estimate of drug-likeness (QED) is 0.391. The van der Waals surface area contributed by atoms with E-state index in [1.165, 1.54) is 36.4 Å². The molecular weight excluding hydrogens is 302 g/mol. The summed E-state index contributed by atoms with van der Waals surface area (Å²) in [5.74, 6) is -0.164. The van der Waals surface area contributed by atoms with Gasteiger partial charge in [0, 0.05) is 29.8 Å². The van der Waals surface area contributed by atoms with Crippen molar-refractivity contribution < 1.29 is 14.6 Å². The Balaban J connectivity index is 1.71. The number of carbonyl (C=O) groups excluding carboxylic acids is 1. The summed E-state index contributed by atoms with van der Waals surface area (Å²) in [4.78, 5) is 32.5. The summed E-state index contributed by atoms with van der Waals surface area (Å²) >= 11 is 0. The predicted octanol–water partition coefficient (Wildman–Crippen LogP) is 2.40. The molecule has 23 heavy (non-hydrogen) atoms. The molecule has 2 atom stereocenters. The lowest BCUT2D eigenvalue weighted by Crippen LogP contribution is -2.10. The molecular formula is C15H11N3O5. The Bertz CT molecular complexity index is 786. The largest absolute Gasteiger partial charge is 0.297 e. The lowest BCUT2D eigenvalue weighted by molar-refractivity contribution is -0.385. The number of nitrogens with zero attached hydrogens (tertiary/aromatic N) is 2. The number of non-ortho nitro benzene ring substituents is 2. The summed E-state index contributed by atoms with van der Waals surface area (Å²) in [5, 5.41) is 24.2. The molecule has 0 aliphatic carbocycles. The number of nitrogens with one attached hydrogen (secondary N) is 1. The van der Waals surface area contributed by atoms with Crippen LogP contribution in [0.25, 0.3) is 0 Å². The molecule has 0 radical (unpaired) electrons.